The number of anilines is 1. The smallest absolute Gasteiger partial charge is 0.261 e. The number of likely N-dealkylation sites (tertiary alicyclic amines) is 1. The van der Waals surface area contributed by atoms with Gasteiger partial charge in [0.15, 0.2) is 0 Å². The van der Waals surface area contributed by atoms with Gasteiger partial charge in [0.2, 0.25) is 10.0 Å². The summed E-state index contributed by atoms with van der Waals surface area (Å²) < 4.78 is 59.8. The largest absolute Gasteiger partial charge is 0.379 e. The average Bonchev–Trinajstić information content (AvgIpc) is 3.35. The van der Waals surface area contributed by atoms with Crippen molar-refractivity contribution in [1.29, 1.82) is 0 Å². The molecule has 172 valence electrons. The number of sulfonamides is 2. The van der Waals surface area contributed by atoms with Gasteiger partial charge in [0, 0.05) is 37.4 Å². The first kappa shape index (κ1) is 22.7. The van der Waals surface area contributed by atoms with E-state index >= 15 is 0 Å². The molecule has 0 saturated carbocycles. The number of rotatable bonds is 6. The number of hydrogen-bond donors (Lipinski definition) is 1. The summed E-state index contributed by atoms with van der Waals surface area (Å²) in [6.07, 6.45) is 1.99. The van der Waals surface area contributed by atoms with Crippen LogP contribution in [0, 0.1) is 0 Å². The van der Waals surface area contributed by atoms with Crippen LogP contribution in [0.25, 0.3) is 0 Å². The molecule has 2 saturated heterocycles. The van der Waals surface area contributed by atoms with Crippen molar-refractivity contribution in [2.24, 2.45) is 0 Å². The molecular weight excluding hydrogens is 454 g/mol. The molecule has 0 bridgehead atoms. The number of carbonyl (C=O) groups is 1. The second-order valence-corrected chi connectivity index (χ2v) is 11.3. The Bertz CT molecular complexity index is 1170. The lowest BCUT2D eigenvalue weighted by Crippen LogP contribution is -2.40. The summed E-state index contributed by atoms with van der Waals surface area (Å²) in [5, 5.41) is 0. The van der Waals surface area contributed by atoms with Crippen LogP contribution in [-0.4, -0.2) is 71.3 Å². The molecule has 0 spiro atoms. The number of carbonyl (C=O) groups excluding carboxylic acids is 1. The second kappa shape index (κ2) is 9.18. The number of amides is 1. The quantitative estimate of drug-likeness (QED) is 0.675. The van der Waals surface area contributed by atoms with E-state index in [0.29, 0.717) is 24.5 Å². The fourth-order valence-electron chi connectivity index (χ4n) is 3.72. The van der Waals surface area contributed by atoms with Crippen molar-refractivity contribution in [3.8, 4) is 0 Å². The van der Waals surface area contributed by atoms with Gasteiger partial charge in [-0.1, -0.05) is 0 Å². The molecule has 0 aromatic heterocycles. The van der Waals surface area contributed by atoms with Crippen LogP contribution in [0.5, 0.6) is 0 Å². The molecule has 9 nitrogen and oxygen atoms in total. The molecule has 0 atom stereocenters. The molecular formula is C21H25N3O6S2. The van der Waals surface area contributed by atoms with Crippen molar-refractivity contribution in [3.05, 3.63) is 54.1 Å². The molecule has 2 fully saturated rings. The Balaban J connectivity index is 1.46. The van der Waals surface area contributed by atoms with E-state index in [1.165, 1.54) is 40.7 Å². The minimum Gasteiger partial charge on any atom is -0.379 e. The highest BCUT2D eigenvalue weighted by Crippen LogP contribution is 2.22. The minimum absolute atomic E-state index is 0.0307. The van der Waals surface area contributed by atoms with Gasteiger partial charge in [-0.2, -0.15) is 4.31 Å². The van der Waals surface area contributed by atoms with Gasteiger partial charge in [-0.25, -0.2) is 16.8 Å². The van der Waals surface area contributed by atoms with Gasteiger partial charge in [-0.05, 0) is 61.4 Å². The predicted octanol–water partition coefficient (Wildman–Crippen LogP) is 1.74. The Morgan fingerprint density at radius 1 is 0.781 bits per heavy atom. The summed E-state index contributed by atoms with van der Waals surface area (Å²) in [7, 11) is -7.62. The number of ether oxygens (including phenoxy) is 1. The Kier molecular flexibility index (Phi) is 6.52. The Hall–Kier alpha value is -2.47. The second-order valence-electron chi connectivity index (χ2n) is 7.67. The predicted molar refractivity (Wildman–Crippen MR) is 118 cm³/mol. The van der Waals surface area contributed by atoms with Crippen molar-refractivity contribution in [2.45, 2.75) is 22.6 Å². The third-order valence-corrected chi connectivity index (χ3v) is 8.83. The van der Waals surface area contributed by atoms with Crippen LogP contribution in [0.1, 0.15) is 23.2 Å². The van der Waals surface area contributed by atoms with Crippen molar-refractivity contribution in [1.82, 2.24) is 9.21 Å². The first-order valence-corrected chi connectivity index (χ1v) is 13.3. The molecule has 0 radical (unpaired) electrons. The SMILES string of the molecule is O=C(c1ccc(NS(=O)(=O)c2ccc(S(=O)(=O)N3CCOCC3)cc2)cc1)N1CCCC1. The molecule has 1 N–H and O–H groups in total. The van der Waals surface area contributed by atoms with E-state index in [9.17, 15) is 21.6 Å². The van der Waals surface area contributed by atoms with E-state index in [1.54, 1.807) is 17.0 Å². The highest BCUT2D eigenvalue weighted by Gasteiger charge is 2.27. The third kappa shape index (κ3) is 4.80. The monoisotopic (exact) mass is 479 g/mol. The molecule has 0 unspecified atom stereocenters. The molecule has 11 heteroatoms. The lowest BCUT2D eigenvalue weighted by molar-refractivity contribution is 0.0730. The average molecular weight is 480 g/mol. The van der Waals surface area contributed by atoms with Crippen LogP contribution in [0.2, 0.25) is 0 Å². The maximum Gasteiger partial charge on any atom is 0.261 e. The summed E-state index contributed by atoms with van der Waals surface area (Å²) in [6.45, 7) is 2.67. The Morgan fingerprint density at radius 3 is 1.94 bits per heavy atom. The standard InChI is InChI=1S/C21H25N3O6S2/c25-21(23-11-1-2-12-23)17-3-5-18(6-4-17)22-31(26,27)19-7-9-20(10-8-19)32(28,29)24-13-15-30-16-14-24/h3-10,22H,1-2,11-16H2. The number of nitrogens with zero attached hydrogens (tertiary/aromatic N) is 2. The third-order valence-electron chi connectivity index (χ3n) is 5.52. The number of morpholine rings is 1. The normalized spacial score (nSPS) is 17.9. The number of benzene rings is 2. The fourth-order valence-corrected chi connectivity index (χ4v) is 6.19. The van der Waals surface area contributed by atoms with Gasteiger partial charge in [0.25, 0.3) is 15.9 Å². The summed E-state index contributed by atoms with van der Waals surface area (Å²) >= 11 is 0. The Labute approximate surface area is 188 Å². The van der Waals surface area contributed by atoms with E-state index in [1.807, 2.05) is 0 Å². The summed E-state index contributed by atoms with van der Waals surface area (Å²) in [5.74, 6) is -0.0611. The summed E-state index contributed by atoms with van der Waals surface area (Å²) in [6, 6.07) is 11.4. The minimum atomic E-state index is -3.92. The van der Waals surface area contributed by atoms with Crippen LogP contribution in [0.15, 0.2) is 58.3 Å². The fraction of sp³-hybridized carbons (Fsp3) is 0.381. The molecule has 2 heterocycles. The molecule has 32 heavy (non-hydrogen) atoms. The van der Waals surface area contributed by atoms with Gasteiger partial charge in [-0.15, -0.1) is 0 Å². The zero-order valence-electron chi connectivity index (χ0n) is 17.4. The van der Waals surface area contributed by atoms with E-state index in [2.05, 4.69) is 4.72 Å². The van der Waals surface area contributed by atoms with E-state index < -0.39 is 20.0 Å². The van der Waals surface area contributed by atoms with Crippen molar-refractivity contribution in [3.63, 3.8) is 0 Å². The van der Waals surface area contributed by atoms with E-state index in [-0.39, 0.29) is 28.8 Å². The molecule has 1 amide bonds. The summed E-state index contributed by atoms with van der Waals surface area (Å²) in [4.78, 5) is 14.2. The van der Waals surface area contributed by atoms with Crippen molar-refractivity contribution in [2.75, 3.05) is 44.1 Å². The van der Waals surface area contributed by atoms with Gasteiger partial charge in [0.05, 0.1) is 23.0 Å². The topological polar surface area (TPSA) is 113 Å². The van der Waals surface area contributed by atoms with E-state index in [4.69, 9.17) is 4.74 Å². The van der Waals surface area contributed by atoms with Crippen LogP contribution in [0.4, 0.5) is 5.69 Å². The molecule has 2 aliphatic heterocycles. The van der Waals surface area contributed by atoms with Crippen LogP contribution >= 0.6 is 0 Å². The highest BCUT2D eigenvalue weighted by molar-refractivity contribution is 7.92. The maximum atomic E-state index is 12.7. The zero-order chi connectivity index (χ0) is 22.8. The molecule has 2 aliphatic rings. The lowest BCUT2D eigenvalue weighted by Gasteiger charge is -2.26. The van der Waals surface area contributed by atoms with Crippen molar-refractivity contribution >= 4 is 31.6 Å². The lowest BCUT2D eigenvalue weighted by atomic mass is 10.2. The van der Waals surface area contributed by atoms with Crippen LogP contribution < -0.4 is 4.72 Å². The van der Waals surface area contributed by atoms with Gasteiger partial charge in [-0.3, -0.25) is 9.52 Å². The Morgan fingerprint density at radius 2 is 1.34 bits per heavy atom. The number of hydrogen-bond acceptors (Lipinski definition) is 6. The maximum absolute atomic E-state index is 12.7. The summed E-state index contributed by atoms with van der Waals surface area (Å²) in [5.41, 5.74) is 0.820. The molecule has 0 aliphatic carbocycles. The van der Waals surface area contributed by atoms with Gasteiger partial charge in [0.1, 0.15) is 0 Å². The van der Waals surface area contributed by atoms with Crippen LogP contribution in [0.3, 0.4) is 0 Å². The molecule has 2 aromatic rings. The first-order valence-electron chi connectivity index (χ1n) is 10.4. The molecule has 2 aromatic carbocycles. The zero-order valence-corrected chi connectivity index (χ0v) is 19.1. The number of nitrogens with one attached hydrogen (secondary N) is 1. The van der Waals surface area contributed by atoms with E-state index in [0.717, 1.165) is 25.9 Å². The molecule has 4 rings (SSSR count). The van der Waals surface area contributed by atoms with Gasteiger partial charge < -0.3 is 9.64 Å². The first-order chi connectivity index (χ1) is 15.3. The highest BCUT2D eigenvalue weighted by atomic mass is 32.2. The van der Waals surface area contributed by atoms with Crippen molar-refractivity contribution < 1.29 is 26.4 Å². The van der Waals surface area contributed by atoms with Gasteiger partial charge >= 0.3 is 0 Å². The van der Waals surface area contributed by atoms with Crippen LogP contribution in [-0.2, 0) is 24.8 Å².